The number of benzene rings is 1. The Kier molecular flexibility index (Phi) is 14.5. The molecular weight excluding hydrogens is 515 g/mol. The highest BCUT2D eigenvalue weighted by Crippen LogP contribution is 2.17. The molecule has 2 N–H and O–H groups in total. The molecule has 0 radical (unpaired) electrons. The van der Waals surface area contributed by atoms with E-state index in [9.17, 15) is 32.3 Å². The lowest BCUT2D eigenvalue weighted by atomic mass is 10.0. The SMILES string of the molecule is CCCCNC(=O)CSCCN(C)C(=O)CC(Cc1cc(F)c(F)cc1F)NC(=O)OC(C)OC(C)=O. The summed E-state index contributed by atoms with van der Waals surface area (Å²) in [4.78, 5) is 49.1. The summed E-state index contributed by atoms with van der Waals surface area (Å²) in [5.41, 5.74) is -0.252. The lowest BCUT2D eigenvalue weighted by Gasteiger charge is -2.23. The molecule has 0 fully saturated rings. The van der Waals surface area contributed by atoms with E-state index in [1.165, 1.54) is 30.6 Å². The number of carbonyl (C=O) groups excluding carboxylic acids is 4. The highest BCUT2D eigenvalue weighted by Gasteiger charge is 2.23. The van der Waals surface area contributed by atoms with Crippen LogP contribution in [0.4, 0.5) is 18.0 Å². The predicted molar refractivity (Wildman–Crippen MR) is 132 cm³/mol. The van der Waals surface area contributed by atoms with Gasteiger partial charge in [-0.15, -0.1) is 0 Å². The maximum absolute atomic E-state index is 14.2. The standard InChI is InChI=1S/C24H34F3N3O6S/c1-5-6-7-28-22(32)14-37-9-8-30(4)23(33)12-18(29-24(34)36-16(3)35-15(2)31)10-17-11-20(26)21(27)13-19(17)25/h11,13,16,18H,5-10,12,14H2,1-4H3,(H,28,32)(H,29,34). The van der Waals surface area contributed by atoms with E-state index in [0.717, 1.165) is 19.8 Å². The molecule has 208 valence electrons. The van der Waals surface area contributed by atoms with Crippen molar-refractivity contribution < 1.29 is 41.8 Å². The molecule has 0 aromatic heterocycles. The Labute approximate surface area is 218 Å². The van der Waals surface area contributed by atoms with E-state index < -0.39 is 47.8 Å². The Morgan fingerprint density at radius 1 is 1.08 bits per heavy atom. The fourth-order valence-electron chi connectivity index (χ4n) is 3.08. The quantitative estimate of drug-likeness (QED) is 0.150. The highest BCUT2D eigenvalue weighted by molar-refractivity contribution is 7.99. The summed E-state index contributed by atoms with van der Waals surface area (Å²) in [5, 5.41) is 5.18. The zero-order chi connectivity index (χ0) is 28.0. The molecule has 0 spiro atoms. The van der Waals surface area contributed by atoms with E-state index in [-0.39, 0.29) is 30.1 Å². The second-order valence-electron chi connectivity index (χ2n) is 8.26. The van der Waals surface area contributed by atoms with Crippen molar-refractivity contribution in [2.24, 2.45) is 0 Å². The van der Waals surface area contributed by atoms with Crippen molar-refractivity contribution >= 4 is 35.6 Å². The molecule has 1 aromatic carbocycles. The number of unbranched alkanes of at least 4 members (excludes halogenated alkanes) is 1. The van der Waals surface area contributed by atoms with E-state index in [0.29, 0.717) is 31.0 Å². The second-order valence-corrected chi connectivity index (χ2v) is 9.37. The van der Waals surface area contributed by atoms with Crippen LogP contribution in [0.15, 0.2) is 12.1 Å². The average molecular weight is 550 g/mol. The van der Waals surface area contributed by atoms with Crippen molar-refractivity contribution in [1.29, 1.82) is 0 Å². The van der Waals surface area contributed by atoms with Crippen LogP contribution >= 0.6 is 11.8 Å². The number of alkyl carbamates (subject to hydrolysis) is 1. The van der Waals surface area contributed by atoms with Crippen molar-refractivity contribution in [3.05, 3.63) is 35.1 Å². The van der Waals surface area contributed by atoms with E-state index in [4.69, 9.17) is 9.47 Å². The van der Waals surface area contributed by atoms with Gasteiger partial charge in [-0.25, -0.2) is 18.0 Å². The first kappa shape index (κ1) is 32.1. The Morgan fingerprint density at radius 3 is 2.41 bits per heavy atom. The number of ether oxygens (including phenoxy) is 2. The zero-order valence-corrected chi connectivity index (χ0v) is 22.2. The fourth-order valence-corrected chi connectivity index (χ4v) is 3.92. The summed E-state index contributed by atoms with van der Waals surface area (Å²) in [6.45, 7) is 5.35. The van der Waals surface area contributed by atoms with E-state index in [1.54, 1.807) is 0 Å². The molecule has 1 aromatic rings. The minimum absolute atomic E-state index is 0.0910. The molecule has 0 aliphatic heterocycles. The summed E-state index contributed by atoms with van der Waals surface area (Å²) in [6.07, 6.45) is -1.06. The van der Waals surface area contributed by atoms with Crippen LogP contribution in [0.3, 0.4) is 0 Å². The molecule has 0 saturated heterocycles. The van der Waals surface area contributed by atoms with E-state index in [2.05, 4.69) is 10.6 Å². The number of nitrogens with one attached hydrogen (secondary N) is 2. The molecule has 3 amide bonds. The lowest BCUT2D eigenvalue weighted by Crippen LogP contribution is -2.43. The van der Waals surface area contributed by atoms with Gasteiger partial charge in [0, 0.05) is 58.3 Å². The maximum Gasteiger partial charge on any atom is 0.410 e. The first-order valence-corrected chi connectivity index (χ1v) is 12.9. The van der Waals surface area contributed by atoms with Gasteiger partial charge in [-0.2, -0.15) is 11.8 Å². The largest absolute Gasteiger partial charge is 0.426 e. The third-order valence-corrected chi connectivity index (χ3v) is 5.92. The lowest BCUT2D eigenvalue weighted by molar-refractivity contribution is -0.162. The normalized spacial score (nSPS) is 12.3. The van der Waals surface area contributed by atoms with Gasteiger partial charge in [0.1, 0.15) is 5.82 Å². The number of hydrogen-bond acceptors (Lipinski definition) is 7. The second kappa shape index (κ2) is 16.7. The maximum atomic E-state index is 14.2. The van der Waals surface area contributed by atoms with Crippen LogP contribution < -0.4 is 10.6 Å². The molecule has 0 aliphatic rings. The number of amides is 3. The molecule has 1 rings (SSSR count). The number of hydrogen-bond donors (Lipinski definition) is 2. The first-order chi connectivity index (χ1) is 17.4. The van der Waals surface area contributed by atoms with E-state index >= 15 is 0 Å². The average Bonchev–Trinajstić information content (AvgIpc) is 2.79. The fraction of sp³-hybridized carbons (Fsp3) is 0.583. The summed E-state index contributed by atoms with van der Waals surface area (Å²) >= 11 is 1.35. The summed E-state index contributed by atoms with van der Waals surface area (Å²) in [5.74, 6) is -4.16. The molecule has 0 heterocycles. The molecule has 2 unspecified atom stereocenters. The van der Waals surface area contributed by atoms with Crippen molar-refractivity contribution in [2.75, 3.05) is 31.6 Å². The van der Waals surface area contributed by atoms with Gasteiger partial charge in [0.2, 0.25) is 18.1 Å². The van der Waals surface area contributed by atoms with Gasteiger partial charge in [-0.1, -0.05) is 13.3 Å². The van der Waals surface area contributed by atoms with Crippen molar-refractivity contribution in [3.8, 4) is 0 Å². The Balaban J connectivity index is 2.74. The molecule has 37 heavy (non-hydrogen) atoms. The van der Waals surface area contributed by atoms with Crippen LogP contribution in [0.1, 0.15) is 45.6 Å². The Bertz CT molecular complexity index is 937. The van der Waals surface area contributed by atoms with Gasteiger partial charge >= 0.3 is 12.1 Å². The molecule has 2 atom stereocenters. The smallest absolute Gasteiger partial charge is 0.410 e. The van der Waals surface area contributed by atoms with Gasteiger partial charge < -0.3 is 25.0 Å². The van der Waals surface area contributed by atoms with Gasteiger partial charge in [0.25, 0.3) is 0 Å². The van der Waals surface area contributed by atoms with E-state index in [1.807, 2.05) is 6.92 Å². The third-order valence-electron chi connectivity index (χ3n) is 4.99. The van der Waals surface area contributed by atoms with Crippen LogP contribution in [0.5, 0.6) is 0 Å². The molecule has 0 aliphatic carbocycles. The first-order valence-electron chi connectivity index (χ1n) is 11.8. The number of nitrogens with zero attached hydrogens (tertiary/aromatic N) is 1. The number of rotatable bonds is 15. The minimum atomic E-state index is -1.37. The molecule has 13 heteroatoms. The molecule has 0 bridgehead atoms. The number of halogens is 3. The minimum Gasteiger partial charge on any atom is -0.426 e. The topological polar surface area (TPSA) is 114 Å². The van der Waals surface area contributed by atoms with Crippen LogP contribution in [0.2, 0.25) is 0 Å². The Morgan fingerprint density at radius 2 is 1.76 bits per heavy atom. The van der Waals surface area contributed by atoms with Crippen molar-refractivity contribution in [2.45, 2.75) is 58.8 Å². The molecular formula is C24H34F3N3O6S. The number of esters is 1. The Hall–Kier alpha value is -2.96. The highest BCUT2D eigenvalue weighted by atomic mass is 32.2. The van der Waals surface area contributed by atoms with Gasteiger partial charge in [-0.3, -0.25) is 14.4 Å². The van der Waals surface area contributed by atoms with Crippen LogP contribution in [0, 0.1) is 17.5 Å². The third kappa shape index (κ3) is 13.2. The van der Waals surface area contributed by atoms with Gasteiger partial charge in [0.05, 0.1) is 5.75 Å². The van der Waals surface area contributed by atoms with Gasteiger partial charge in [0.15, 0.2) is 11.6 Å². The zero-order valence-electron chi connectivity index (χ0n) is 21.4. The summed E-state index contributed by atoms with van der Waals surface area (Å²) < 4.78 is 50.8. The van der Waals surface area contributed by atoms with Crippen molar-refractivity contribution in [3.63, 3.8) is 0 Å². The number of carbonyl (C=O) groups is 4. The molecule has 0 saturated carbocycles. The summed E-state index contributed by atoms with van der Waals surface area (Å²) in [6, 6.07) is -0.0158. The van der Waals surface area contributed by atoms with Crippen LogP contribution in [-0.4, -0.2) is 72.8 Å². The van der Waals surface area contributed by atoms with Gasteiger partial charge in [-0.05, 0) is 24.5 Å². The molecule has 9 nitrogen and oxygen atoms in total. The van der Waals surface area contributed by atoms with Crippen molar-refractivity contribution in [1.82, 2.24) is 15.5 Å². The van der Waals surface area contributed by atoms with Crippen LogP contribution in [0.25, 0.3) is 0 Å². The summed E-state index contributed by atoms with van der Waals surface area (Å²) in [7, 11) is 1.53. The number of thioether (sulfide) groups is 1. The predicted octanol–water partition coefficient (Wildman–Crippen LogP) is 3.15. The monoisotopic (exact) mass is 549 g/mol. The van der Waals surface area contributed by atoms with Crippen LogP contribution in [-0.2, 0) is 30.3 Å².